The van der Waals surface area contributed by atoms with Gasteiger partial charge in [-0.15, -0.1) is 10.2 Å². The van der Waals surface area contributed by atoms with E-state index >= 15 is 0 Å². The number of benzene rings is 1. The number of carbonyl (C=O) groups excluding carboxylic acids is 1. The highest BCUT2D eigenvalue weighted by Gasteiger charge is 2.06. The van der Waals surface area contributed by atoms with E-state index in [1.165, 1.54) is 0 Å². The molecule has 18 heavy (non-hydrogen) atoms. The van der Waals surface area contributed by atoms with Crippen molar-refractivity contribution in [1.82, 2.24) is 15.5 Å². The lowest BCUT2D eigenvalue weighted by atomic mass is 10.2. The van der Waals surface area contributed by atoms with E-state index < -0.39 is 0 Å². The molecule has 5 nitrogen and oxygen atoms in total. The lowest BCUT2D eigenvalue weighted by Crippen LogP contribution is -2.22. The number of aromatic nitrogens is 2. The van der Waals surface area contributed by atoms with Gasteiger partial charge in [-0.2, -0.15) is 0 Å². The maximum Gasteiger partial charge on any atom is 0.220 e. The molecule has 0 saturated heterocycles. The summed E-state index contributed by atoms with van der Waals surface area (Å²) < 4.78 is 5.19. The molecule has 1 amide bonds. The second-order valence-electron chi connectivity index (χ2n) is 3.98. The average molecular weight is 245 g/mol. The first-order valence-electron chi connectivity index (χ1n) is 5.83. The van der Waals surface area contributed by atoms with Crippen molar-refractivity contribution in [3.8, 4) is 0 Å². The van der Waals surface area contributed by atoms with Crippen LogP contribution in [0.4, 0.5) is 0 Å². The van der Waals surface area contributed by atoms with E-state index in [1.54, 1.807) is 6.92 Å². The zero-order valence-electron chi connectivity index (χ0n) is 10.2. The molecule has 5 heteroatoms. The van der Waals surface area contributed by atoms with E-state index in [-0.39, 0.29) is 5.91 Å². The summed E-state index contributed by atoms with van der Waals surface area (Å²) in [5.41, 5.74) is 1.08. The van der Waals surface area contributed by atoms with Crippen LogP contribution in [0.15, 0.2) is 34.7 Å². The molecule has 0 atom stereocenters. The molecule has 1 heterocycles. The molecular weight excluding hydrogens is 230 g/mol. The Morgan fingerprint density at radius 1 is 1.28 bits per heavy atom. The van der Waals surface area contributed by atoms with Crippen LogP contribution in [0.25, 0.3) is 0 Å². The standard InChI is InChI=1S/C13H15N3O2/c1-10-15-16-13(18-10)8-7-12(17)14-9-11-5-3-2-4-6-11/h2-6H,7-9H2,1H3,(H,14,17). The summed E-state index contributed by atoms with van der Waals surface area (Å²) in [5, 5.41) is 10.4. The molecule has 0 unspecified atom stereocenters. The zero-order chi connectivity index (χ0) is 12.8. The number of hydrogen-bond donors (Lipinski definition) is 1. The van der Waals surface area contributed by atoms with Crippen molar-refractivity contribution < 1.29 is 9.21 Å². The predicted molar refractivity (Wildman–Crippen MR) is 65.6 cm³/mol. The highest BCUT2D eigenvalue weighted by atomic mass is 16.4. The third-order valence-corrected chi connectivity index (χ3v) is 2.47. The molecule has 0 saturated carbocycles. The molecule has 0 aliphatic carbocycles. The summed E-state index contributed by atoms with van der Waals surface area (Å²) in [5.74, 6) is 1.01. The summed E-state index contributed by atoms with van der Waals surface area (Å²) in [7, 11) is 0. The van der Waals surface area contributed by atoms with Crippen LogP contribution in [0.1, 0.15) is 23.8 Å². The average Bonchev–Trinajstić information content (AvgIpc) is 2.81. The van der Waals surface area contributed by atoms with Gasteiger partial charge in [0.25, 0.3) is 0 Å². The molecule has 1 aromatic carbocycles. The number of aryl methyl sites for hydroxylation is 2. The van der Waals surface area contributed by atoms with Crippen molar-refractivity contribution in [1.29, 1.82) is 0 Å². The van der Waals surface area contributed by atoms with Crippen LogP contribution in [0, 0.1) is 6.92 Å². The minimum atomic E-state index is -0.0188. The van der Waals surface area contributed by atoms with E-state index in [0.29, 0.717) is 31.2 Å². The molecule has 2 aromatic rings. The predicted octanol–water partition coefficient (Wildman–Crippen LogP) is 1.63. The molecule has 0 aliphatic heterocycles. The van der Waals surface area contributed by atoms with Gasteiger partial charge in [0.1, 0.15) is 0 Å². The molecule has 2 rings (SSSR count). The van der Waals surface area contributed by atoms with Crippen LogP contribution in [0.3, 0.4) is 0 Å². The summed E-state index contributed by atoms with van der Waals surface area (Å²) in [6, 6.07) is 9.79. The van der Waals surface area contributed by atoms with Gasteiger partial charge in [-0.1, -0.05) is 30.3 Å². The van der Waals surface area contributed by atoms with Crippen molar-refractivity contribution >= 4 is 5.91 Å². The third-order valence-electron chi connectivity index (χ3n) is 2.47. The highest BCUT2D eigenvalue weighted by molar-refractivity contribution is 5.75. The lowest BCUT2D eigenvalue weighted by Gasteiger charge is -2.03. The van der Waals surface area contributed by atoms with Gasteiger partial charge in [0.2, 0.25) is 17.7 Å². The summed E-state index contributed by atoms with van der Waals surface area (Å²) >= 11 is 0. The number of amides is 1. The van der Waals surface area contributed by atoms with Gasteiger partial charge in [-0.25, -0.2) is 0 Å². The van der Waals surface area contributed by atoms with Crippen molar-refractivity contribution in [2.75, 3.05) is 0 Å². The number of rotatable bonds is 5. The molecular formula is C13H15N3O2. The normalized spacial score (nSPS) is 10.3. The van der Waals surface area contributed by atoms with Gasteiger partial charge in [-0.3, -0.25) is 4.79 Å². The van der Waals surface area contributed by atoms with Crippen LogP contribution in [-0.2, 0) is 17.8 Å². The molecule has 1 aromatic heterocycles. The summed E-state index contributed by atoms with van der Waals surface area (Å²) in [4.78, 5) is 11.6. The quantitative estimate of drug-likeness (QED) is 0.869. The van der Waals surface area contributed by atoms with Crippen LogP contribution in [0.2, 0.25) is 0 Å². The number of hydrogen-bond acceptors (Lipinski definition) is 4. The van der Waals surface area contributed by atoms with Crippen LogP contribution in [0.5, 0.6) is 0 Å². The van der Waals surface area contributed by atoms with Gasteiger partial charge in [0.15, 0.2) is 0 Å². The number of nitrogens with zero attached hydrogens (tertiary/aromatic N) is 2. The molecule has 0 spiro atoms. The van der Waals surface area contributed by atoms with Gasteiger partial charge in [0, 0.05) is 26.3 Å². The maximum absolute atomic E-state index is 11.6. The second kappa shape index (κ2) is 5.95. The fraction of sp³-hybridized carbons (Fsp3) is 0.308. The van der Waals surface area contributed by atoms with E-state index in [0.717, 1.165) is 5.56 Å². The van der Waals surface area contributed by atoms with Crippen molar-refractivity contribution in [3.05, 3.63) is 47.7 Å². The Morgan fingerprint density at radius 3 is 2.72 bits per heavy atom. The number of carbonyl (C=O) groups is 1. The molecule has 0 fully saturated rings. The lowest BCUT2D eigenvalue weighted by molar-refractivity contribution is -0.121. The Hall–Kier alpha value is -2.17. The molecule has 1 N–H and O–H groups in total. The van der Waals surface area contributed by atoms with Gasteiger partial charge in [0.05, 0.1) is 0 Å². The van der Waals surface area contributed by atoms with Crippen LogP contribution >= 0.6 is 0 Å². The minimum absolute atomic E-state index is 0.0188. The summed E-state index contributed by atoms with van der Waals surface area (Å²) in [6.07, 6.45) is 0.829. The van der Waals surface area contributed by atoms with E-state index in [9.17, 15) is 4.79 Å². The third kappa shape index (κ3) is 3.69. The zero-order valence-corrected chi connectivity index (χ0v) is 10.2. The van der Waals surface area contributed by atoms with Gasteiger partial charge >= 0.3 is 0 Å². The maximum atomic E-state index is 11.6. The first kappa shape index (κ1) is 12.3. The SMILES string of the molecule is Cc1nnc(CCC(=O)NCc2ccccc2)o1. The van der Waals surface area contributed by atoms with Crippen molar-refractivity contribution in [3.63, 3.8) is 0 Å². The van der Waals surface area contributed by atoms with Crippen molar-refractivity contribution in [2.24, 2.45) is 0 Å². The Labute approximate surface area is 105 Å². The Balaban J connectivity index is 1.73. The van der Waals surface area contributed by atoms with Crippen LogP contribution in [-0.4, -0.2) is 16.1 Å². The van der Waals surface area contributed by atoms with Crippen LogP contribution < -0.4 is 5.32 Å². The summed E-state index contributed by atoms with van der Waals surface area (Å²) in [6.45, 7) is 2.27. The largest absolute Gasteiger partial charge is 0.426 e. The molecule has 0 bridgehead atoms. The van der Waals surface area contributed by atoms with E-state index in [1.807, 2.05) is 30.3 Å². The first-order chi connectivity index (χ1) is 8.74. The molecule has 94 valence electrons. The molecule has 0 aliphatic rings. The van der Waals surface area contributed by atoms with Crippen molar-refractivity contribution in [2.45, 2.75) is 26.3 Å². The smallest absolute Gasteiger partial charge is 0.220 e. The fourth-order valence-corrected chi connectivity index (χ4v) is 1.54. The molecule has 0 radical (unpaired) electrons. The second-order valence-corrected chi connectivity index (χ2v) is 3.98. The number of nitrogens with one attached hydrogen (secondary N) is 1. The van der Waals surface area contributed by atoms with E-state index in [4.69, 9.17) is 4.42 Å². The monoisotopic (exact) mass is 245 g/mol. The highest BCUT2D eigenvalue weighted by Crippen LogP contribution is 2.02. The topological polar surface area (TPSA) is 68.0 Å². The fourth-order valence-electron chi connectivity index (χ4n) is 1.54. The van der Waals surface area contributed by atoms with E-state index in [2.05, 4.69) is 15.5 Å². The van der Waals surface area contributed by atoms with Gasteiger partial charge in [-0.05, 0) is 5.56 Å². The van der Waals surface area contributed by atoms with Gasteiger partial charge < -0.3 is 9.73 Å². The Bertz CT molecular complexity index is 508. The Morgan fingerprint density at radius 2 is 2.06 bits per heavy atom. The minimum Gasteiger partial charge on any atom is -0.426 e. The first-order valence-corrected chi connectivity index (χ1v) is 5.83. The Kier molecular flexibility index (Phi) is 4.06.